The molecule has 1 atom stereocenters. The van der Waals surface area contributed by atoms with Gasteiger partial charge in [-0.25, -0.2) is 0 Å². The molecule has 0 aromatic heterocycles. The summed E-state index contributed by atoms with van der Waals surface area (Å²) in [5.74, 6) is 1.63. The van der Waals surface area contributed by atoms with E-state index in [0.29, 0.717) is 5.92 Å². The van der Waals surface area contributed by atoms with Crippen LogP contribution in [0.15, 0.2) is 24.3 Å². The third-order valence-corrected chi connectivity index (χ3v) is 3.71. The van der Waals surface area contributed by atoms with Gasteiger partial charge in [-0.1, -0.05) is 12.1 Å². The van der Waals surface area contributed by atoms with Crippen LogP contribution in [-0.2, 0) is 6.54 Å². The molecular formula is C15H24N2O. The smallest absolute Gasteiger partial charge is 0.119 e. The van der Waals surface area contributed by atoms with Gasteiger partial charge in [0.05, 0.1) is 7.11 Å². The zero-order valence-electron chi connectivity index (χ0n) is 11.6. The normalized spacial score (nSPS) is 18.7. The molecule has 1 saturated carbocycles. The first-order valence-electron chi connectivity index (χ1n) is 6.61. The highest BCUT2D eigenvalue weighted by atomic mass is 16.5. The standard InChI is InChI=1S/C15H24N2O/c1-15(16,13-7-8-13)11-17(2)10-12-5-4-6-14(9-12)18-3/h4-6,9,13H,7-8,10-11,16H2,1-3H3. The number of benzene rings is 1. The summed E-state index contributed by atoms with van der Waals surface area (Å²) in [7, 11) is 3.83. The molecule has 100 valence electrons. The van der Waals surface area contributed by atoms with Crippen molar-refractivity contribution in [3.63, 3.8) is 0 Å². The van der Waals surface area contributed by atoms with Crippen LogP contribution in [0.1, 0.15) is 25.3 Å². The average Bonchev–Trinajstić information content (AvgIpc) is 3.12. The van der Waals surface area contributed by atoms with Crippen molar-refractivity contribution in [2.24, 2.45) is 11.7 Å². The molecule has 1 unspecified atom stereocenters. The molecule has 0 spiro atoms. The Hall–Kier alpha value is -1.06. The lowest BCUT2D eigenvalue weighted by Gasteiger charge is -2.30. The van der Waals surface area contributed by atoms with E-state index in [4.69, 9.17) is 10.5 Å². The maximum absolute atomic E-state index is 6.37. The first-order valence-corrected chi connectivity index (χ1v) is 6.61. The molecule has 1 aliphatic carbocycles. The summed E-state index contributed by atoms with van der Waals surface area (Å²) in [6, 6.07) is 8.22. The van der Waals surface area contributed by atoms with Gasteiger partial charge in [-0.15, -0.1) is 0 Å². The Morgan fingerprint density at radius 3 is 2.78 bits per heavy atom. The van der Waals surface area contributed by atoms with Crippen LogP contribution in [0.3, 0.4) is 0 Å². The third kappa shape index (κ3) is 3.47. The van der Waals surface area contributed by atoms with Crippen LogP contribution in [0.25, 0.3) is 0 Å². The fourth-order valence-electron chi connectivity index (χ4n) is 2.59. The molecule has 1 aromatic rings. The van der Waals surface area contributed by atoms with E-state index in [1.165, 1.54) is 18.4 Å². The van der Waals surface area contributed by atoms with Gasteiger partial charge < -0.3 is 15.4 Å². The van der Waals surface area contributed by atoms with Crippen LogP contribution in [0, 0.1) is 5.92 Å². The van der Waals surface area contributed by atoms with Gasteiger partial charge in [0, 0.05) is 18.6 Å². The number of nitrogens with two attached hydrogens (primary N) is 1. The largest absolute Gasteiger partial charge is 0.497 e. The van der Waals surface area contributed by atoms with E-state index in [-0.39, 0.29) is 5.54 Å². The lowest BCUT2D eigenvalue weighted by atomic mass is 9.96. The van der Waals surface area contributed by atoms with Crippen LogP contribution in [0.2, 0.25) is 0 Å². The maximum Gasteiger partial charge on any atom is 0.119 e. The van der Waals surface area contributed by atoms with Crippen molar-refractivity contribution < 1.29 is 4.74 Å². The quantitative estimate of drug-likeness (QED) is 0.839. The number of likely N-dealkylation sites (N-methyl/N-ethyl adjacent to an activating group) is 1. The van der Waals surface area contributed by atoms with Crippen LogP contribution < -0.4 is 10.5 Å². The van der Waals surface area contributed by atoms with Gasteiger partial charge in [-0.05, 0) is 50.4 Å². The van der Waals surface area contributed by atoms with Crippen LogP contribution in [-0.4, -0.2) is 31.1 Å². The van der Waals surface area contributed by atoms with Crippen LogP contribution >= 0.6 is 0 Å². The Labute approximate surface area is 110 Å². The van der Waals surface area contributed by atoms with Crippen molar-refractivity contribution in [3.8, 4) is 5.75 Å². The SMILES string of the molecule is COc1cccc(CN(C)CC(C)(N)C2CC2)c1. The van der Waals surface area contributed by atoms with E-state index in [2.05, 4.69) is 31.0 Å². The molecule has 2 rings (SSSR count). The lowest BCUT2D eigenvalue weighted by molar-refractivity contribution is 0.232. The zero-order chi connectivity index (χ0) is 13.2. The minimum absolute atomic E-state index is 0.0480. The van der Waals surface area contributed by atoms with Crippen molar-refractivity contribution in [1.29, 1.82) is 0 Å². The number of hydrogen-bond acceptors (Lipinski definition) is 3. The highest BCUT2D eigenvalue weighted by Crippen LogP contribution is 2.38. The summed E-state index contributed by atoms with van der Waals surface area (Å²) >= 11 is 0. The lowest BCUT2D eigenvalue weighted by Crippen LogP contribution is -2.48. The molecule has 1 aromatic carbocycles. The molecule has 3 nitrogen and oxygen atoms in total. The second-order valence-electron chi connectivity index (χ2n) is 5.80. The van der Waals surface area contributed by atoms with Gasteiger partial charge in [-0.2, -0.15) is 0 Å². The van der Waals surface area contributed by atoms with Gasteiger partial charge in [0.1, 0.15) is 5.75 Å². The Balaban J connectivity index is 1.91. The van der Waals surface area contributed by atoms with Crippen LogP contribution in [0.4, 0.5) is 0 Å². The van der Waals surface area contributed by atoms with E-state index in [9.17, 15) is 0 Å². The van der Waals surface area contributed by atoms with Gasteiger partial charge in [0.25, 0.3) is 0 Å². The summed E-state index contributed by atoms with van der Waals surface area (Å²) in [5, 5.41) is 0. The van der Waals surface area contributed by atoms with Gasteiger partial charge in [0.2, 0.25) is 0 Å². The van der Waals surface area contributed by atoms with Gasteiger partial charge >= 0.3 is 0 Å². The topological polar surface area (TPSA) is 38.5 Å². The molecule has 0 bridgehead atoms. The average molecular weight is 248 g/mol. The minimum atomic E-state index is -0.0480. The fraction of sp³-hybridized carbons (Fsp3) is 0.600. The molecule has 0 saturated heterocycles. The molecule has 0 heterocycles. The second-order valence-corrected chi connectivity index (χ2v) is 5.80. The number of nitrogens with zero attached hydrogens (tertiary/aromatic N) is 1. The third-order valence-electron chi connectivity index (χ3n) is 3.71. The van der Waals surface area contributed by atoms with Crippen molar-refractivity contribution in [2.75, 3.05) is 20.7 Å². The Morgan fingerprint density at radius 2 is 2.17 bits per heavy atom. The Bertz CT molecular complexity index is 399. The number of methoxy groups -OCH3 is 1. The van der Waals surface area contributed by atoms with E-state index >= 15 is 0 Å². The monoisotopic (exact) mass is 248 g/mol. The summed E-state index contributed by atoms with van der Waals surface area (Å²) < 4.78 is 5.24. The van der Waals surface area contributed by atoms with E-state index in [1.54, 1.807) is 7.11 Å². The predicted molar refractivity (Wildman–Crippen MR) is 74.6 cm³/mol. The molecule has 0 amide bonds. The molecule has 3 heteroatoms. The first kappa shape index (κ1) is 13.4. The van der Waals surface area contributed by atoms with Gasteiger partial charge in [0.15, 0.2) is 0 Å². The maximum atomic E-state index is 6.37. The van der Waals surface area contributed by atoms with Gasteiger partial charge in [-0.3, -0.25) is 0 Å². The molecule has 1 fully saturated rings. The fourth-order valence-corrected chi connectivity index (χ4v) is 2.59. The summed E-state index contributed by atoms with van der Waals surface area (Å²) in [4.78, 5) is 2.30. The van der Waals surface area contributed by atoms with E-state index in [0.717, 1.165) is 18.8 Å². The highest BCUT2D eigenvalue weighted by Gasteiger charge is 2.38. The first-order chi connectivity index (χ1) is 8.51. The van der Waals surface area contributed by atoms with E-state index in [1.807, 2.05) is 12.1 Å². The van der Waals surface area contributed by atoms with Crippen molar-refractivity contribution in [1.82, 2.24) is 4.90 Å². The molecular weight excluding hydrogens is 224 g/mol. The Morgan fingerprint density at radius 1 is 1.44 bits per heavy atom. The van der Waals surface area contributed by atoms with Crippen molar-refractivity contribution >= 4 is 0 Å². The van der Waals surface area contributed by atoms with E-state index < -0.39 is 0 Å². The molecule has 0 aliphatic heterocycles. The molecule has 1 aliphatic rings. The number of rotatable bonds is 6. The highest BCUT2D eigenvalue weighted by molar-refractivity contribution is 5.28. The zero-order valence-corrected chi connectivity index (χ0v) is 11.6. The summed E-state index contributed by atoms with van der Waals surface area (Å²) in [6.45, 7) is 4.03. The summed E-state index contributed by atoms with van der Waals surface area (Å²) in [5.41, 5.74) is 7.59. The van der Waals surface area contributed by atoms with Crippen molar-refractivity contribution in [3.05, 3.63) is 29.8 Å². The second kappa shape index (κ2) is 5.29. The predicted octanol–water partition coefficient (Wildman–Crippen LogP) is 2.25. The number of ether oxygens (including phenoxy) is 1. The molecule has 0 radical (unpaired) electrons. The molecule has 18 heavy (non-hydrogen) atoms. The Kier molecular flexibility index (Phi) is 3.93. The minimum Gasteiger partial charge on any atom is -0.497 e. The van der Waals surface area contributed by atoms with Crippen molar-refractivity contribution in [2.45, 2.75) is 31.8 Å². The molecule has 2 N–H and O–H groups in total. The summed E-state index contributed by atoms with van der Waals surface area (Å²) in [6.07, 6.45) is 2.58. The van der Waals surface area contributed by atoms with Crippen LogP contribution in [0.5, 0.6) is 5.75 Å². The number of hydrogen-bond donors (Lipinski definition) is 1.